The number of rotatable bonds is 0. The normalized spacial score (nSPS) is 10.8. The molecule has 0 aliphatic carbocycles. The predicted octanol–water partition coefficient (Wildman–Crippen LogP) is 8.40. The number of fused-ring (bicyclic) bond motifs is 5. The van der Waals surface area contributed by atoms with Crippen LogP contribution in [0.4, 0.5) is 0 Å². The summed E-state index contributed by atoms with van der Waals surface area (Å²) < 4.78 is 10.0. The molecule has 1 aliphatic heterocycles. The van der Waals surface area contributed by atoms with E-state index in [0.29, 0.717) is 0 Å². The molecule has 0 unspecified atom stereocenters. The molecule has 10 rings (SSSR count). The van der Waals surface area contributed by atoms with Gasteiger partial charge in [-0.15, -0.1) is 0 Å². The Balaban J connectivity index is 0.000000103. The van der Waals surface area contributed by atoms with Gasteiger partial charge in [0, 0.05) is 23.3 Å². The molecule has 9 aromatic rings. The van der Waals surface area contributed by atoms with Gasteiger partial charge in [0.05, 0.1) is 5.52 Å². The SMILES string of the molecule is C1=Cc2ccccc2ON1.c1ccc2n[nH]nc2c1.c1ccc2ncccc2c1.c1ccc2ocnc2c1.c1ccc2ocnc2c1. The predicted molar refractivity (Wildman–Crippen MR) is 183 cm³/mol. The lowest BCUT2D eigenvalue weighted by Crippen LogP contribution is -2.13. The van der Waals surface area contributed by atoms with Gasteiger partial charge in [-0.1, -0.05) is 78.9 Å². The lowest BCUT2D eigenvalue weighted by atomic mass is 10.2. The number of hydrogen-bond donors (Lipinski definition) is 2. The van der Waals surface area contributed by atoms with Crippen molar-refractivity contribution in [2.45, 2.75) is 0 Å². The molecule has 5 aromatic carbocycles. The number of nitrogens with one attached hydrogen (secondary N) is 2. The third kappa shape index (κ3) is 8.43. The number of aromatic nitrogens is 6. The summed E-state index contributed by atoms with van der Waals surface area (Å²) in [7, 11) is 0. The Bertz CT molecular complexity index is 2000. The summed E-state index contributed by atoms with van der Waals surface area (Å²) in [5.74, 6) is 0.880. The fraction of sp³-hybridized carbons (Fsp3) is 0. The Kier molecular flexibility index (Phi) is 10.1. The maximum absolute atomic E-state index is 5.09. The highest BCUT2D eigenvalue weighted by molar-refractivity contribution is 5.77. The van der Waals surface area contributed by atoms with Gasteiger partial charge in [-0.3, -0.25) is 4.98 Å². The van der Waals surface area contributed by atoms with Crippen LogP contribution in [0.5, 0.6) is 5.75 Å². The van der Waals surface area contributed by atoms with Crippen LogP contribution in [0.25, 0.3) is 50.2 Å². The smallest absolute Gasteiger partial charge is 0.181 e. The molecule has 0 bridgehead atoms. The van der Waals surface area contributed by atoms with Crippen molar-refractivity contribution in [3.05, 3.63) is 164 Å². The summed E-state index contributed by atoms with van der Waals surface area (Å²) in [5, 5.41) is 11.5. The minimum Gasteiger partial charge on any atom is -0.443 e. The van der Waals surface area contributed by atoms with Gasteiger partial charge in [0.1, 0.15) is 22.1 Å². The van der Waals surface area contributed by atoms with Crippen molar-refractivity contribution < 1.29 is 13.7 Å². The molecule has 4 aromatic heterocycles. The third-order valence-corrected chi connectivity index (χ3v) is 6.63. The average molecular weight is 620 g/mol. The van der Waals surface area contributed by atoms with E-state index in [1.165, 1.54) is 18.2 Å². The van der Waals surface area contributed by atoms with Crippen LogP contribution in [0.15, 0.2) is 167 Å². The van der Waals surface area contributed by atoms with Crippen LogP contribution in [0.3, 0.4) is 0 Å². The highest BCUT2D eigenvalue weighted by Gasteiger charge is 2.01. The van der Waals surface area contributed by atoms with E-state index in [9.17, 15) is 0 Å². The number of hydrogen-bond acceptors (Lipinski definition) is 9. The van der Waals surface area contributed by atoms with Crippen molar-refractivity contribution in [3.63, 3.8) is 0 Å². The van der Waals surface area contributed by atoms with Crippen molar-refractivity contribution in [1.82, 2.24) is 35.8 Å². The van der Waals surface area contributed by atoms with Crippen LogP contribution >= 0.6 is 0 Å². The number of benzene rings is 5. The molecule has 0 fully saturated rings. The number of pyridine rings is 1. The van der Waals surface area contributed by atoms with E-state index in [1.54, 1.807) is 6.20 Å². The van der Waals surface area contributed by atoms with Crippen LogP contribution in [-0.2, 0) is 0 Å². The zero-order chi connectivity index (χ0) is 31.9. The molecule has 0 atom stereocenters. The highest BCUT2D eigenvalue weighted by atomic mass is 16.6. The number of H-pyrrole nitrogens is 1. The summed E-state index contributed by atoms with van der Waals surface area (Å²) in [6.45, 7) is 0. The molecule has 1 aliphatic rings. The van der Waals surface area contributed by atoms with Gasteiger partial charge < -0.3 is 13.7 Å². The Morgan fingerprint density at radius 3 is 1.62 bits per heavy atom. The molecule has 0 saturated carbocycles. The minimum absolute atomic E-state index is 0.845. The van der Waals surface area contributed by atoms with Crippen molar-refractivity contribution in [3.8, 4) is 5.75 Å². The number of hydroxylamine groups is 1. The monoisotopic (exact) mass is 619 g/mol. The first-order valence-electron chi connectivity index (χ1n) is 14.6. The molecular formula is C37H29N7O3. The van der Waals surface area contributed by atoms with E-state index in [-0.39, 0.29) is 0 Å². The zero-order valence-electron chi connectivity index (χ0n) is 25.0. The maximum atomic E-state index is 5.09. The summed E-state index contributed by atoms with van der Waals surface area (Å²) in [6, 6.07) is 43.0. The number of oxazole rings is 2. The molecule has 0 amide bonds. The largest absolute Gasteiger partial charge is 0.443 e. The Morgan fingerprint density at radius 2 is 1.00 bits per heavy atom. The first kappa shape index (κ1) is 30.2. The standard InChI is InChI=1S/C9H7N.C8H7NO.2C7H5NO.C6H5N3/c1-2-6-9-8(4-1)5-3-7-10-9;1-2-4-8-7(3-1)5-6-9-10-8;2*1-2-4-7-6(3-1)8-5-9-7;1-2-4-6-5(3-1)7-9-8-6/h1-7H;1-6,9H;2*1-5H;1-4H,(H,7,8,9). The third-order valence-electron chi connectivity index (χ3n) is 6.63. The van der Waals surface area contributed by atoms with Crippen LogP contribution in [0, 0.1) is 0 Å². The molecule has 230 valence electrons. The first-order chi connectivity index (χ1) is 23.3. The summed E-state index contributed by atoms with van der Waals surface area (Å²) >= 11 is 0. The van der Waals surface area contributed by atoms with Gasteiger partial charge in [-0.25, -0.2) is 15.4 Å². The lowest BCUT2D eigenvalue weighted by molar-refractivity contribution is 0.239. The van der Waals surface area contributed by atoms with Gasteiger partial charge in [0.2, 0.25) is 0 Å². The number of para-hydroxylation sites is 8. The van der Waals surface area contributed by atoms with Crippen LogP contribution < -0.4 is 10.3 Å². The Morgan fingerprint density at radius 1 is 0.468 bits per heavy atom. The summed E-state index contributed by atoms with van der Waals surface area (Å²) in [5.41, 5.74) is 10.2. The first-order valence-corrected chi connectivity index (χ1v) is 14.6. The average Bonchev–Trinajstić information content (AvgIpc) is 3.94. The fourth-order valence-electron chi connectivity index (χ4n) is 4.34. The molecule has 5 heterocycles. The molecule has 2 N–H and O–H groups in total. The molecule has 10 nitrogen and oxygen atoms in total. The zero-order valence-corrected chi connectivity index (χ0v) is 25.0. The van der Waals surface area contributed by atoms with Crippen molar-refractivity contribution >= 4 is 50.2 Å². The summed E-state index contributed by atoms with van der Waals surface area (Å²) in [6.07, 6.45) is 8.44. The van der Waals surface area contributed by atoms with Gasteiger partial charge in [0.15, 0.2) is 29.7 Å². The molecular weight excluding hydrogens is 590 g/mol. The topological polar surface area (TPSA) is 128 Å². The van der Waals surface area contributed by atoms with E-state index >= 15 is 0 Å². The minimum atomic E-state index is 0.845. The number of aromatic amines is 1. The van der Waals surface area contributed by atoms with Crippen LogP contribution in [0.1, 0.15) is 5.56 Å². The molecule has 0 radical (unpaired) electrons. The van der Waals surface area contributed by atoms with Gasteiger partial charge >= 0.3 is 0 Å². The quantitative estimate of drug-likeness (QED) is 0.172. The molecule has 0 spiro atoms. The Hall–Kier alpha value is -6.81. The van der Waals surface area contributed by atoms with Crippen molar-refractivity contribution in [2.75, 3.05) is 0 Å². The lowest BCUT2D eigenvalue weighted by Gasteiger charge is -2.11. The van der Waals surface area contributed by atoms with Gasteiger partial charge in [0.25, 0.3) is 0 Å². The van der Waals surface area contributed by atoms with Gasteiger partial charge in [-0.05, 0) is 60.7 Å². The van der Waals surface area contributed by atoms with E-state index in [4.69, 9.17) is 13.7 Å². The number of nitrogens with zero attached hydrogens (tertiary/aromatic N) is 5. The fourth-order valence-corrected chi connectivity index (χ4v) is 4.34. The Labute approximate surface area is 269 Å². The van der Waals surface area contributed by atoms with Gasteiger partial charge in [-0.2, -0.15) is 15.4 Å². The van der Waals surface area contributed by atoms with Crippen LogP contribution in [-0.4, -0.2) is 30.4 Å². The maximum Gasteiger partial charge on any atom is 0.181 e. The summed E-state index contributed by atoms with van der Waals surface area (Å²) in [4.78, 5) is 17.2. The van der Waals surface area contributed by atoms with E-state index in [1.807, 2.05) is 134 Å². The second-order valence-corrected chi connectivity index (χ2v) is 9.74. The van der Waals surface area contributed by atoms with E-state index in [2.05, 4.69) is 48.0 Å². The van der Waals surface area contributed by atoms with Crippen molar-refractivity contribution in [2.24, 2.45) is 0 Å². The molecule has 10 heteroatoms. The highest BCUT2D eigenvalue weighted by Crippen LogP contribution is 2.20. The van der Waals surface area contributed by atoms with E-state index in [0.717, 1.165) is 50.1 Å². The van der Waals surface area contributed by atoms with Crippen LogP contribution in [0.2, 0.25) is 0 Å². The van der Waals surface area contributed by atoms with Crippen molar-refractivity contribution in [1.29, 1.82) is 0 Å². The molecule has 0 saturated heterocycles. The van der Waals surface area contributed by atoms with E-state index < -0.39 is 0 Å². The molecule has 47 heavy (non-hydrogen) atoms. The second kappa shape index (κ2) is 15.8. The second-order valence-electron chi connectivity index (χ2n) is 9.74.